The molecule has 1 aromatic carbocycles. The number of amides is 1. The van der Waals surface area contributed by atoms with Crippen LogP contribution < -0.4 is 0 Å². The smallest absolute Gasteiger partial charge is 0.410 e. The maximum atomic E-state index is 12.5. The Morgan fingerprint density at radius 3 is 2.74 bits per heavy atom. The number of nitrogens with zero attached hydrogens (tertiary/aromatic N) is 1. The fourth-order valence-electron chi connectivity index (χ4n) is 3.00. The molecule has 2 aromatic rings. The molecule has 0 aliphatic carbocycles. The molecule has 0 N–H and O–H groups in total. The van der Waals surface area contributed by atoms with Crippen molar-refractivity contribution in [2.75, 3.05) is 13.1 Å². The van der Waals surface area contributed by atoms with Crippen LogP contribution in [-0.4, -0.2) is 29.7 Å². The summed E-state index contributed by atoms with van der Waals surface area (Å²) in [6, 6.07) is 6.23. The fraction of sp³-hybridized carbons (Fsp3) is 0.450. The summed E-state index contributed by atoms with van der Waals surface area (Å²) in [5, 5.41) is 2.89. The lowest BCUT2D eigenvalue weighted by Crippen LogP contribution is -2.38. The van der Waals surface area contributed by atoms with Crippen LogP contribution >= 0.6 is 50.6 Å². The SMILES string of the molecule is CC(C)(C)OC(=O)N1CCc2ccc(Cl)c(SCc3cc(Br)cs3)c2CC1. The van der Waals surface area contributed by atoms with Gasteiger partial charge in [-0.3, -0.25) is 0 Å². The second kappa shape index (κ2) is 8.76. The first kappa shape index (κ1) is 21.0. The van der Waals surface area contributed by atoms with E-state index in [1.165, 1.54) is 16.0 Å². The number of carbonyl (C=O) groups is 1. The van der Waals surface area contributed by atoms with E-state index in [4.69, 9.17) is 16.3 Å². The molecule has 0 saturated heterocycles. The van der Waals surface area contributed by atoms with Gasteiger partial charge in [-0.25, -0.2) is 4.79 Å². The summed E-state index contributed by atoms with van der Waals surface area (Å²) >= 11 is 13.6. The minimum absolute atomic E-state index is 0.237. The first-order valence-electron chi connectivity index (χ1n) is 8.87. The largest absolute Gasteiger partial charge is 0.444 e. The fourth-order valence-corrected chi connectivity index (χ4v) is 6.01. The molecule has 3 nitrogen and oxygen atoms in total. The molecule has 0 bridgehead atoms. The van der Waals surface area contributed by atoms with Crippen molar-refractivity contribution in [2.45, 2.75) is 49.9 Å². The van der Waals surface area contributed by atoms with Crippen LogP contribution in [0.15, 0.2) is 32.9 Å². The van der Waals surface area contributed by atoms with Crippen LogP contribution in [0.1, 0.15) is 36.8 Å². The molecule has 0 unspecified atom stereocenters. The molecule has 1 aromatic heterocycles. The van der Waals surface area contributed by atoms with Gasteiger partial charge in [-0.2, -0.15) is 0 Å². The highest BCUT2D eigenvalue weighted by Crippen LogP contribution is 2.37. The molecule has 7 heteroatoms. The average Bonchev–Trinajstić information content (AvgIpc) is 2.86. The van der Waals surface area contributed by atoms with Gasteiger partial charge in [0.05, 0.1) is 5.02 Å². The molecule has 0 atom stereocenters. The number of hydrogen-bond donors (Lipinski definition) is 0. The van der Waals surface area contributed by atoms with E-state index in [1.807, 2.05) is 31.7 Å². The highest BCUT2D eigenvalue weighted by Gasteiger charge is 2.25. The summed E-state index contributed by atoms with van der Waals surface area (Å²) in [4.78, 5) is 16.7. The standard InChI is InChI=1S/C20H23BrClNO2S2/c1-20(2,3)25-19(24)23-8-6-13-4-5-17(22)18(16(13)7-9-23)27-12-15-10-14(21)11-26-15/h4-5,10-11H,6-9,12H2,1-3H3. The molecule has 3 rings (SSSR count). The number of thioether (sulfide) groups is 1. The average molecular weight is 489 g/mol. The van der Waals surface area contributed by atoms with Crippen LogP contribution in [0.3, 0.4) is 0 Å². The molecule has 0 spiro atoms. The van der Waals surface area contributed by atoms with Gasteiger partial charge < -0.3 is 9.64 Å². The van der Waals surface area contributed by atoms with Gasteiger partial charge in [-0.1, -0.05) is 17.7 Å². The van der Waals surface area contributed by atoms with E-state index in [0.717, 1.165) is 33.0 Å². The molecular formula is C20H23BrClNO2S2. The number of benzene rings is 1. The molecule has 2 heterocycles. The van der Waals surface area contributed by atoms with Gasteiger partial charge in [-0.05, 0) is 72.8 Å². The van der Waals surface area contributed by atoms with Crippen LogP contribution in [0.4, 0.5) is 4.79 Å². The molecule has 146 valence electrons. The van der Waals surface area contributed by atoms with Crippen molar-refractivity contribution in [1.29, 1.82) is 0 Å². The Morgan fingerprint density at radius 2 is 2.07 bits per heavy atom. The zero-order chi connectivity index (χ0) is 19.6. The summed E-state index contributed by atoms with van der Waals surface area (Å²) in [6.07, 6.45) is 1.38. The Hall–Kier alpha value is -0.690. The van der Waals surface area contributed by atoms with Crippen molar-refractivity contribution in [3.05, 3.63) is 49.1 Å². The molecule has 1 amide bonds. The lowest BCUT2D eigenvalue weighted by Gasteiger charge is -2.26. The van der Waals surface area contributed by atoms with Crippen LogP contribution in [0, 0.1) is 0 Å². The van der Waals surface area contributed by atoms with Gasteiger partial charge in [0, 0.05) is 38.5 Å². The summed E-state index contributed by atoms with van der Waals surface area (Å²) in [5.41, 5.74) is 2.07. The second-order valence-electron chi connectivity index (χ2n) is 7.50. The third kappa shape index (κ3) is 5.66. The first-order valence-corrected chi connectivity index (χ1v) is 11.9. The van der Waals surface area contributed by atoms with Gasteiger partial charge in [-0.15, -0.1) is 23.1 Å². The van der Waals surface area contributed by atoms with E-state index in [1.54, 1.807) is 23.1 Å². The Morgan fingerprint density at radius 1 is 1.33 bits per heavy atom. The Balaban J connectivity index is 1.74. The van der Waals surface area contributed by atoms with Gasteiger partial charge in [0.15, 0.2) is 0 Å². The summed E-state index contributed by atoms with van der Waals surface area (Å²) in [5.74, 6) is 0.891. The molecule has 0 radical (unpaired) electrons. The number of carbonyl (C=O) groups excluding carboxylic acids is 1. The maximum absolute atomic E-state index is 12.5. The third-order valence-corrected chi connectivity index (χ3v) is 7.74. The number of ether oxygens (including phenoxy) is 1. The van der Waals surface area contributed by atoms with Gasteiger partial charge in [0.25, 0.3) is 0 Å². The lowest BCUT2D eigenvalue weighted by atomic mass is 10.0. The molecule has 1 aliphatic heterocycles. The van der Waals surface area contributed by atoms with E-state index in [9.17, 15) is 4.79 Å². The highest BCUT2D eigenvalue weighted by atomic mass is 79.9. The minimum Gasteiger partial charge on any atom is -0.444 e. The molecule has 27 heavy (non-hydrogen) atoms. The topological polar surface area (TPSA) is 29.5 Å². The molecule has 0 fully saturated rings. The predicted octanol–water partition coefficient (Wildman–Crippen LogP) is 6.79. The van der Waals surface area contributed by atoms with Crippen molar-refractivity contribution in [2.24, 2.45) is 0 Å². The van der Waals surface area contributed by atoms with Gasteiger partial charge in [0.1, 0.15) is 5.60 Å². The van der Waals surface area contributed by atoms with E-state index < -0.39 is 5.60 Å². The maximum Gasteiger partial charge on any atom is 0.410 e. The summed E-state index contributed by atoms with van der Waals surface area (Å²) in [7, 11) is 0. The Bertz CT molecular complexity index is 832. The number of rotatable bonds is 3. The molecular weight excluding hydrogens is 466 g/mol. The molecule has 0 saturated carbocycles. The van der Waals surface area contributed by atoms with Gasteiger partial charge in [0.2, 0.25) is 0 Å². The first-order chi connectivity index (χ1) is 12.7. The predicted molar refractivity (Wildman–Crippen MR) is 118 cm³/mol. The van der Waals surface area contributed by atoms with Crippen LogP contribution in [-0.2, 0) is 23.3 Å². The second-order valence-corrected chi connectivity index (χ2v) is 10.8. The number of hydrogen-bond acceptors (Lipinski definition) is 4. The third-order valence-electron chi connectivity index (χ3n) is 4.22. The van der Waals surface area contributed by atoms with E-state index >= 15 is 0 Å². The Labute approximate surface area is 182 Å². The van der Waals surface area contributed by atoms with Crippen molar-refractivity contribution in [3.8, 4) is 0 Å². The zero-order valence-electron chi connectivity index (χ0n) is 15.7. The normalized spacial score (nSPS) is 14.6. The highest BCUT2D eigenvalue weighted by molar-refractivity contribution is 9.10. The number of fused-ring (bicyclic) bond motifs is 1. The number of thiophene rings is 1. The van der Waals surface area contributed by atoms with Crippen molar-refractivity contribution in [3.63, 3.8) is 0 Å². The van der Waals surface area contributed by atoms with Crippen LogP contribution in [0.25, 0.3) is 0 Å². The van der Waals surface area contributed by atoms with Crippen LogP contribution in [0.5, 0.6) is 0 Å². The van der Waals surface area contributed by atoms with E-state index in [2.05, 4.69) is 33.4 Å². The lowest BCUT2D eigenvalue weighted by molar-refractivity contribution is 0.0258. The summed E-state index contributed by atoms with van der Waals surface area (Å²) < 4.78 is 6.67. The van der Waals surface area contributed by atoms with Crippen LogP contribution in [0.2, 0.25) is 5.02 Å². The quantitative estimate of drug-likeness (QED) is 0.445. The van der Waals surface area contributed by atoms with Crippen molar-refractivity contribution < 1.29 is 9.53 Å². The monoisotopic (exact) mass is 487 g/mol. The van der Waals surface area contributed by atoms with Crippen molar-refractivity contribution in [1.82, 2.24) is 4.90 Å². The number of halogens is 2. The Kier molecular flexibility index (Phi) is 6.83. The minimum atomic E-state index is -0.477. The van der Waals surface area contributed by atoms with Crippen molar-refractivity contribution >= 4 is 56.7 Å². The zero-order valence-corrected chi connectivity index (χ0v) is 19.7. The van der Waals surface area contributed by atoms with E-state index in [0.29, 0.717) is 13.1 Å². The molecule has 1 aliphatic rings. The summed E-state index contributed by atoms with van der Waals surface area (Å²) in [6.45, 7) is 7.02. The van der Waals surface area contributed by atoms with E-state index in [-0.39, 0.29) is 6.09 Å². The van der Waals surface area contributed by atoms with Gasteiger partial charge >= 0.3 is 6.09 Å².